The third-order valence-electron chi connectivity index (χ3n) is 4.99. The van der Waals surface area contributed by atoms with Crippen molar-refractivity contribution in [3.63, 3.8) is 0 Å². The molecular weight excluding hydrogens is 262 g/mol. The molecule has 1 N–H and O–H groups in total. The Morgan fingerprint density at radius 2 is 1.90 bits per heavy atom. The average molecular weight is 287 g/mol. The zero-order valence-corrected chi connectivity index (χ0v) is 13.2. The van der Waals surface area contributed by atoms with E-state index in [4.69, 9.17) is 4.74 Å². The summed E-state index contributed by atoms with van der Waals surface area (Å²) >= 11 is 0. The van der Waals surface area contributed by atoms with Crippen LogP contribution in [0.4, 0.5) is 0 Å². The highest BCUT2D eigenvalue weighted by atomic mass is 16.5. The molecule has 2 bridgehead atoms. The molecule has 2 fully saturated rings. The highest BCUT2D eigenvalue weighted by molar-refractivity contribution is 6.00. The van der Waals surface area contributed by atoms with Crippen LogP contribution in [-0.4, -0.2) is 25.0 Å². The molecule has 2 aliphatic rings. The molecule has 0 aromatic heterocycles. The third-order valence-corrected chi connectivity index (χ3v) is 4.99. The van der Waals surface area contributed by atoms with Crippen molar-refractivity contribution in [2.24, 2.45) is 5.92 Å². The zero-order chi connectivity index (χ0) is 15.0. The van der Waals surface area contributed by atoms with Gasteiger partial charge in [0.1, 0.15) is 5.75 Å². The van der Waals surface area contributed by atoms with Crippen molar-refractivity contribution >= 4 is 5.78 Å². The van der Waals surface area contributed by atoms with Crippen LogP contribution in [0.3, 0.4) is 0 Å². The Kier molecular flexibility index (Phi) is 4.03. The Labute approximate surface area is 127 Å². The van der Waals surface area contributed by atoms with Gasteiger partial charge in [-0.25, -0.2) is 0 Å². The van der Waals surface area contributed by atoms with Crippen LogP contribution >= 0.6 is 0 Å². The molecule has 2 unspecified atom stereocenters. The second kappa shape index (κ2) is 5.80. The van der Waals surface area contributed by atoms with E-state index >= 15 is 0 Å². The van der Waals surface area contributed by atoms with Crippen molar-refractivity contribution < 1.29 is 9.53 Å². The smallest absolute Gasteiger partial charge is 0.167 e. The van der Waals surface area contributed by atoms with Gasteiger partial charge in [-0.1, -0.05) is 6.07 Å². The highest BCUT2D eigenvalue weighted by Gasteiger charge is 2.34. The van der Waals surface area contributed by atoms with Gasteiger partial charge >= 0.3 is 0 Å². The van der Waals surface area contributed by atoms with E-state index in [-0.39, 0.29) is 5.78 Å². The van der Waals surface area contributed by atoms with Gasteiger partial charge in [-0.3, -0.25) is 4.79 Å². The van der Waals surface area contributed by atoms with Crippen LogP contribution in [0.2, 0.25) is 0 Å². The van der Waals surface area contributed by atoms with Gasteiger partial charge in [0.2, 0.25) is 0 Å². The Morgan fingerprint density at radius 1 is 1.24 bits per heavy atom. The van der Waals surface area contributed by atoms with Crippen molar-refractivity contribution in [2.45, 2.75) is 58.0 Å². The summed E-state index contributed by atoms with van der Waals surface area (Å²) in [4.78, 5) is 12.8. The first-order valence-electron chi connectivity index (χ1n) is 8.01. The minimum Gasteiger partial charge on any atom is -0.496 e. The number of nitrogens with one attached hydrogen (secondary N) is 1. The van der Waals surface area contributed by atoms with Crippen molar-refractivity contribution in [1.29, 1.82) is 0 Å². The number of ether oxygens (including phenoxy) is 1. The lowest BCUT2D eigenvalue weighted by Crippen LogP contribution is -2.38. The fourth-order valence-corrected chi connectivity index (χ4v) is 4.15. The van der Waals surface area contributed by atoms with Crippen molar-refractivity contribution in [2.75, 3.05) is 7.11 Å². The summed E-state index contributed by atoms with van der Waals surface area (Å²) in [6, 6.07) is 5.32. The lowest BCUT2D eigenvalue weighted by Gasteiger charge is -2.28. The van der Waals surface area contributed by atoms with Crippen LogP contribution in [0.25, 0.3) is 0 Å². The second-order valence-corrected chi connectivity index (χ2v) is 6.76. The first kappa shape index (κ1) is 14.6. The van der Waals surface area contributed by atoms with E-state index in [0.717, 1.165) is 35.3 Å². The number of rotatable bonds is 4. The molecule has 2 atom stereocenters. The van der Waals surface area contributed by atoms with Crippen LogP contribution in [0, 0.1) is 19.8 Å². The SMILES string of the molecule is COc1cc(C)cc(C)c1C(=O)CC1CC2CCC(C1)N2. The van der Waals surface area contributed by atoms with E-state index in [1.54, 1.807) is 7.11 Å². The molecule has 0 radical (unpaired) electrons. The van der Waals surface area contributed by atoms with Crippen LogP contribution in [0.5, 0.6) is 5.75 Å². The molecule has 0 spiro atoms. The molecule has 1 aromatic carbocycles. The summed E-state index contributed by atoms with van der Waals surface area (Å²) in [5, 5.41) is 3.64. The van der Waals surface area contributed by atoms with E-state index in [1.807, 2.05) is 19.9 Å². The van der Waals surface area contributed by atoms with Gasteiger partial charge in [0.25, 0.3) is 0 Å². The summed E-state index contributed by atoms with van der Waals surface area (Å²) in [5.74, 6) is 1.51. The number of carbonyl (C=O) groups is 1. The number of methoxy groups -OCH3 is 1. The fourth-order valence-electron chi connectivity index (χ4n) is 4.15. The first-order chi connectivity index (χ1) is 10.1. The zero-order valence-electron chi connectivity index (χ0n) is 13.2. The van der Waals surface area contributed by atoms with E-state index < -0.39 is 0 Å². The number of piperidine rings is 1. The quantitative estimate of drug-likeness (QED) is 0.862. The monoisotopic (exact) mass is 287 g/mol. The minimum absolute atomic E-state index is 0.246. The first-order valence-corrected chi connectivity index (χ1v) is 8.01. The summed E-state index contributed by atoms with van der Waals surface area (Å²) in [7, 11) is 1.65. The molecule has 114 valence electrons. The molecule has 2 aliphatic heterocycles. The predicted octanol–water partition coefficient (Wildman–Crippen LogP) is 3.42. The maximum atomic E-state index is 12.8. The summed E-state index contributed by atoms with van der Waals surface area (Å²) in [6.45, 7) is 4.04. The van der Waals surface area contributed by atoms with Gasteiger partial charge in [0.05, 0.1) is 12.7 Å². The number of fused-ring (bicyclic) bond motifs is 2. The topological polar surface area (TPSA) is 38.3 Å². The van der Waals surface area contributed by atoms with Crippen molar-refractivity contribution in [3.8, 4) is 5.75 Å². The highest BCUT2D eigenvalue weighted by Crippen LogP contribution is 2.35. The fraction of sp³-hybridized carbons (Fsp3) is 0.611. The Hall–Kier alpha value is -1.35. The standard InChI is InChI=1S/C18H25NO2/c1-11-6-12(2)18(17(7-11)21-3)16(20)10-13-8-14-4-5-15(9-13)19-14/h6-7,13-15,19H,4-5,8-10H2,1-3H3. The summed E-state index contributed by atoms with van der Waals surface area (Å²) in [5.41, 5.74) is 2.96. The van der Waals surface area contributed by atoms with Crippen LogP contribution in [0.1, 0.15) is 53.6 Å². The van der Waals surface area contributed by atoms with Crippen LogP contribution in [0.15, 0.2) is 12.1 Å². The second-order valence-electron chi connectivity index (χ2n) is 6.76. The van der Waals surface area contributed by atoms with Gasteiger partial charge in [0.15, 0.2) is 5.78 Å². The predicted molar refractivity (Wildman–Crippen MR) is 84.1 cm³/mol. The lowest BCUT2D eigenvalue weighted by atomic mass is 9.86. The van der Waals surface area contributed by atoms with E-state index in [9.17, 15) is 4.79 Å². The van der Waals surface area contributed by atoms with Gasteiger partial charge < -0.3 is 10.1 Å². The van der Waals surface area contributed by atoms with Crippen LogP contribution < -0.4 is 10.1 Å². The molecule has 1 aromatic rings. The Balaban J connectivity index is 1.76. The molecule has 2 saturated heterocycles. The Bertz CT molecular complexity index is 540. The van der Waals surface area contributed by atoms with Gasteiger partial charge in [-0.05, 0) is 62.6 Å². The molecule has 0 amide bonds. The third kappa shape index (κ3) is 2.98. The molecule has 21 heavy (non-hydrogen) atoms. The molecular formula is C18H25NO2. The summed E-state index contributed by atoms with van der Waals surface area (Å²) < 4.78 is 5.44. The molecule has 3 nitrogen and oxygen atoms in total. The maximum Gasteiger partial charge on any atom is 0.167 e. The van der Waals surface area contributed by atoms with E-state index in [2.05, 4.69) is 11.4 Å². The molecule has 3 rings (SSSR count). The van der Waals surface area contributed by atoms with Gasteiger partial charge in [0, 0.05) is 18.5 Å². The number of hydrogen-bond donors (Lipinski definition) is 1. The lowest BCUT2D eigenvalue weighted by molar-refractivity contribution is 0.0942. The molecule has 0 aliphatic carbocycles. The normalized spacial score (nSPS) is 27.7. The van der Waals surface area contributed by atoms with Crippen molar-refractivity contribution in [3.05, 3.63) is 28.8 Å². The van der Waals surface area contributed by atoms with E-state index in [1.165, 1.54) is 12.8 Å². The number of ketones is 1. The van der Waals surface area contributed by atoms with Gasteiger partial charge in [-0.15, -0.1) is 0 Å². The number of carbonyl (C=O) groups excluding carboxylic acids is 1. The molecule has 0 saturated carbocycles. The molecule has 3 heteroatoms. The summed E-state index contributed by atoms with van der Waals surface area (Å²) in [6.07, 6.45) is 5.52. The number of hydrogen-bond acceptors (Lipinski definition) is 3. The van der Waals surface area contributed by atoms with Gasteiger partial charge in [-0.2, -0.15) is 0 Å². The minimum atomic E-state index is 0.246. The maximum absolute atomic E-state index is 12.8. The average Bonchev–Trinajstić information content (AvgIpc) is 2.76. The largest absolute Gasteiger partial charge is 0.496 e. The Morgan fingerprint density at radius 3 is 2.52 bits per heavy atom. The van der Waals surface area contributed by atoms with Crippen LogP contribution in [-0.2, 0) is 0 Å². The van der Waals surface area contributed by atoms with Crippen molar-refractivity contribution in [1.82, 2.24) is 5.32 Å². The molecule has 2 heterocycles. The number of aryl methyl sites for hydroxylation is 2. The number of benzene rings is 1. The van der Waals surface area contributed by atoms with E-state index in [0.29, 0.717) is 24.4 Å². The number of Topliss-reactive ketones (excluding diaryl/α,β-unsaturated/α-hetero) is 1.